The van der Waals surface area contributed by atoms with Crippen LogP contribution in [0.3, 0.4) is 0 Å². The summed E-state index contributed by atoms with van der Waals surface area (Å²) in [6.45, 7) is 7.29. The topological polar surface area (TPSA) is 39.8 Å². The molecule has 0 aliphatic rings. The standard InChI is InChI=1S/C21H23N3S/c1-15(2)12-23-21(25)24-13-18(16-8-4-3-5-9-16)19-14-22-20-11-7-6-10-17(19)20/h3-11,14,18,22H,1,12-13H2,2H3,(H2,23,24,25)/t18-/m0/s1. The number of thiocarbonyl (C=S) groups is 1. The molecule has 128 valence electrons. The van der Waals surface area contributed by atoms with Crippen LogP contribution in [0.25, 0.3) is 10.9 Å². The molecule has 0 radical (unpaired) electrons. The summed E-state index contributed by atoms with van der Waals surface area (Å²) in [6.07, 6.45) is 2.11. The predicted molar refractivity (Wildman–Crippen MR) is 110 cm³/mol. The summed E-state index contributed by atoms with van der Waals surface area (Å²) in [5.41, 5.74) is 4.75. The molecule has 3 nitrogen and oxygen atoms in total. The zero-order chi connectivity index (χ0) is 17.6. The van der Waals surface area contributed by atoms with Crippen LogP contribution in [0.2, 0.25) is 0 Å². The van der Waals surface area contributed by atoms with Gasteiger partial charge in [0.1, 0.15) is 0 Å². The highest BCUT2D eigenvalue weighted by Crippen LogP contribution is 2.30. The second-order valence-corrected chi connectivity index (χ2v) is 6.68. The van der Waals surface area contributed by atoms with E-state index in [1.54, 1.807) is 0 Å². The molecule has 0 bridgehead atoms. The van der Waals surface area contributed by atoms with Crippen molar-refractivity contribution in [3.63, 3.8) is 0 Å². The quantitative estimate of drug-likeness (QED) is 0.458. The first kappa shape index (κ1) is 17.2. The van der Waals surface area contributed by atoms with Crippen molar-refractivity contribution in [2.45, 2.75) is 12.8 Å². The summed E-state index contributed by atoms with van der Waals surface area (Å²) in [4.78, 5) is 3.38. The fourth-order valence-corrected chi connectivity index (χ4v) is 3.12. The molecule has 0 fully saturated rings. The minimum absolute atomic E-state index is 0.210. The lowest BCUT2D eigenvalue weighted by atomic mass is 9.91. The van der Waals surface area contributed by atoms with E-state index in [4.69, 9.17) is 12.2 Å². The van der Waals surface area contributed by atoms with Crippen molar-refractivity contribution in [1.29, 1.82) is 0 Å². The predicted octanol–water partition coefficient (Wildman–Crippen LogP) is 4.34. The van der Waals surface area contributed by atoms with Gasteiger partial charge in [0.15, 0.2) is 5.11 Å². The molecule has 2 aromatic carbocycles. The molecule has 3 aromatic rings. The molecule has 0 aliphatic carbocycles. The number of nitrogens with one attached hydrogen (secondary N) is 3. The summed E-state index contributed by atoms with van der Waals surface area (Å²) < 4.78 is 0. The maximum atomic E-state index is 5.39. The van der Waals surface area contributed by atoms with Crippen LogP contribution in [-0.4, -0.2) is 23.2 Å². The van der Waals surface area contributed by atoms with Crippen LogP contribution >= 0.6 is 12.2 Å². The number of hydrogen-bond donors (Lipinski definition) is 3. The van der Waals surface area contributed by atoms with E-state index in [2.05, 4.69) is 76.9 Å². The Morgan fingerprint density at radius 2 is 1.80 bits per heavy atom. The second kappa shape index (κ2) is 7.99. The molecule has 4 heteroatoms. The lowest BCUT2D eigenvalue weighted by Gasteiger charge is -2.19. The molecule has 1 aromatic heterocycles. The lowest BCUT2D eigenvalue weighted by molar-refractivity contribution is 0.749. The van der Waals surface area contributed by atoms with Crippen LogP contribution in [0.1, 0.15) is 24.0 Å². The number of hydrogen-bond acceptors (Lipinski definition) is 1. The molecular formula is C21H23N3S. The van der Waals surface area contributed by atoms with E-state index in [0.717, 1.165) is 17.6 Å². The van der Waals surface area contributed by atoms with Gasteiger partial charge in [0.25, 0.3) is 0 Å². The van der Waals surface area contributed by atoms with Crippen LogP contribution in [0, 0.1) is 0 Å². The molecule has 25 heavy (non-hydrogen) atoms. The summed E-state index contributed by atoms with van der Waals surface area (Å²) in [7, 11) is 0. The van der Waals surface area contributed by atoms with E-state index in [1.165, 1.54) is 16.5 Å². The van der Waals surface area contributed by atoms with E-state index in [1.807, 2.05) is 13.0 Å². The first-order chi connectivity index (χ1) is 12.1. The fraction of sp³-hybridized carbons (Fsp3) is 0.190. The molecule has 1 heterocycles. The minimum atomic E-state index is 0.210. The van der Waals surface area contributed by atoms with Gasteiger partial charge in [-0.3, -0.25) is 0 Å². The molecule has 3 rings (SSSR count). The molecule has 0 aliphatic heterocycles. The highest BCUT2D eigenvalue weighted by atomic mass is 32.1. The second-order valence-electron chi connectivity index (χ2n) is 6.27. The van der Waals surface area contributed by atoms with E-state index in [-0.39, 0.29) is 5.92 Å². The average molecular weight is 350 g/mol. The Morgan fingerprint density at radius 3 is 2.56 bits per heavy atom. The Balaban J connectivity index is 1.84. The summed E-state index contributed by atoms with van der Waals surface area (Å²) >= 11 is 5.39. The van der Waals surface area contributed by atoms with Crippen molar-refractivity contribution in [1.82, 2.24) is 15.6 Å². The largest absolute Gasteiger partial charge is 0.362 e. The summed E-state index contributed by atoms with van der Waals surface area (Å²) in [6, 6.07) is 18.9. The van der Waals surface area contributed by atoms with Crippen molar-refractivity contribution in [3.05, 3.63) is 84.1 Å². The van der Waals surface area contributed by atoms with E-state index >= 15 is 0 Å². The zero-order valence-electron chi connectivity index (χ0n) is 14.4. The number of H-pyrrole nitrogens is 1. The van der Waals surface area contributed by atoms with Crippen molar-refractivity contribution in [2.24, 2.45) is 0 Å². The number of aromatic amines is 1. The van der Waals surface area contributed by atoms with Gasteiger partial charge in [0.2, 0.25) is 0 Å². The molecule has 0 amide bonds. The third kappa shape index (κ3) is 4.28. The minimum Gasteiger partial charge on any atom is -0.362 e. The first-order valence-electron chi connectivity index (χ1n) is 8.42. The van der Waals surface area contributed by atoms with Crippen molar-refractivity contribution >= 4 is 28.2 Å². The number of aromatic nitrogens is 1. The van der Waals surface area contributed by atoms with Gasteiger partial charge in [-0.25, -0.2) is 0 Å². The Bertz CT molecular complexity index is 867. The van der Waals surface area contributed by atoms with Gasteiger partial charge in [0, 0.05) is 36.1 Å². The first-order valence-corrected chi connectivity index (χ1v) is 8.83. The average Bonchev–Trinajstić information content (AvgIpc) is 3.05. The third-order valence-corrected chi connectivity index (χ3v) is 4.50. The molecule has 0 saturated carbocycles. The smallest absolute Gasteiger partial charge is 0.166 e. The third-order valence-electron chi connectivity index (χ3n) is 4.22. The normalized spacial score (nSPS) is 11.9. The highest BCUT2D eigenvalue weighted by Gasteiger charge is 2.18. The number of para-hydroxylation sites is 1. The SMILES string of the molecule is C=C(C)CNC(=S)NC[C@@H](c1ccccc1)c1c[nH]c2ccccc12. The Labute approximate surface area is 154 Å². The molecule has 0 unspecified atom stereocenters. The van der Waals surface area contributed by atoms with Crippen molar-refractivity contribution in [3.8, 4) is 0 Å². The van der Waals surface area contributed by atoms with E-state index in [0.29, 0.717) is 11.7 Å². The van der Waals surface area contributed by atoms with Gasteiger partial charge in [-0.1, -0.05) is 60.7 Å². The van der Waals surface area contributed by atoms with Gasteiger partial charge in [-0.15, -0.1) is 0 Å². The Kier molecular flexibility index (Phi) is 5.51. The summed E-state index contributed by atoms with van der Waals surface area (Å²) in [5.74, 6) is 0.210. The summed E-state index contributed by atoms with van der Waals surface area (Å²) in [5, 5.41) is 8.44. The van der Waals surface area contributed by atoms with Crippen molar-refractivity contribution in [2.75, 3.05) is 13.1 Å². The van der Waals surface area contributed by atoms with Crippen LogP contribution < -0.4 is 10.6 Å². The van der Waals surface area contributed by atoms with Gasteiger partial charge in [-0.2, -0.15) is 0 Å². The maximum Gasteiger partial charge on any atom is 0.166 e. The van der Waals surface area contributed by atoms with Gasteiger partial charge >= 0.3 is 0 Å². The molecule has 1 atom stereocenters. The fourth-order valence-electron chi connectivity index (χ4n) is 2.96. The van der Waals surface area contributed by atoms with Crippen LogP contribution in [0.5, 0.6) is 0 Å². The van der Waals surface area contributed by atoms with Crippen LogP contribution in [-0.2, 0) is 0 Å². The van der Waals surface area contributed by atoms with Gasteiger partial charge in [-0.05, 0) is 36.3 Å². The molecule has 0 spiro atoms. The zero-order valence-corrected chi connectivity index (χ0v) is 15.2. The molecule has 3 N–H and O–H groups in total. The Hall–Kier alpha value is -2.59. The Morgan fingerprint density at radius 1 is 1.08 bits per heavy atom. The van der Waals surface area contributed by atoms with Crippen LogP contribution in [0.15, 0.2) is 72.9 Å². The highest BCUT2D eigenvalue weighted by molar-refractivity contribution is 7.80. The monoisotopic (exact) mass is 349 g/mol. The van der Waals surface area contributed by atoms with Gasteiger partial charge in [0.05, 0.1) is 0 Å². The van der Waals surface area contributed by atoms with E-state index in [9.17, 15) is 0 Å². The van der Waals surface area contributed by atoms with E-state index < -0.39 is 0 Å². The number of fused-ring (bicyclic) bond motifs is 1. The van der Waals surface area contributed by atoms with Crippen LogP contribution in [0.4, 0.5) is 0 Å². The number of rotatable bonds is 6. The molecule has 0 saturated heterocycles. The number of benzene rings is 2. The van der Waals surface area contributed by atoms with Gasteiger partial charge < -0.3 is 15.6 Å². The molecular weight excluding hydrogens is 326 g/mol. The maximum absolute atomic E-state index is 5.39. The lowest BCUT2D eigenvalue weighted by Crippen LogP contribution is -2.38. The van der Waals surface area contributed by atoms with Crippen molar-refractivity contribution < 1.29 is 0 Å².